The lowest BCUT2D eigenvalue weighted by molar-refractivity contribution is 0.107. The number of carbonyl (C=O) groups is 1. The van der Waals surface area contributed by atoms with Crippen LogP contribution < -0.4 is 0 Å². The first-order valence-electron chi connectivity index (χ1n) is 7.97. The summed E-state index contributed by atoms with van der Waals surface area (Å²) in [5, 5.41) is 5.35. The first-order chi connectivity index (χ1) is 12.8. The molecule has 0 unspecified atom stereocenters. The first kappa shape index (κ1) is 20.0. The van der Waals surface area contributed by atoms with Crippen molar-refractivity contribution < 1.29 is 4.79 Å². The molecule has 3 rings (SSSR count). The fourth-order valence-corrected chi connectivity index (χ4v) is 3.64. The Kier molecular flexibility index (Phi) is 5.97. The van der Waals surface area contributed by atoms with Crippen molar-refractivity contribution in [1.29, 1.82) is 0 Å². The van der Waals surface area contributed by atoms with E-state index in [9.17, 15) is 4.79 Å². The highest BCUT2D eigenvalue weighted by atomic mass is 35.5. The van der Waals surface area contributed by atoms with Gasteiger partial charge in [-0.1, -0.05) is 46.9 Å². The molecule has 0 aliphatic rings. The van der Waals surface area contributed by atoms with Gasteiger partial charge in [0.2, 0.25) is 0 Å². The SMILES string of the molecule is CC(=Cc1ccc(Cl)cc1)c1c(C)c(C(=O)Cl)nn1-c1ccc(Cl)cc1Cl. The van der Waals surface area contributed by atoms with Gasteiger partial charge in [0.1, 0.15) is 5.69 Å². The molecule has 0 fully saturated rings. The zero-order chi connectivity index (χ0) is 19.7. The third-order valence-corrected chi connectivity index (χ3v) is 5.04. The molecular weight excluding hydrogens is 426 g/mol. The van der Waals surface area contributed by atoms with Gasteiger partial charge >= 0.3 is 0 Å². The Morgan fingerprint density at radius 1 is 1.04 bits per heavy atom. The van der Waals surface area contributed by atoms with Gasteiger partial charge in [0, 0.05) is 15.6 Å². The fraction of sp³-hybridized carbons (Fsp3) is 0.100. The molecule has 27 heavy (non-hydrogen) atoms. The molecular formula is C20H14Cl4N2O. The smallest absolute Gasteiger partial charge is 0.273 e. The summed E-state index contributed by atoms with van der Waals surface area (Å²) in [5.41, 5.74) is 4.04. The van der Waals surface area contributed by atoms with Crippen LogP contribution in [0.4, 0.5) is 0 Å². The monoisotopic (exact) mass is 438 g/mol. The van der Waals surface area contributed by atoms with Gasteiger partial charge in [-0.05, 0) is 73.0 Å². The van der Waals surface area contributed by atoms with E-state index in [1.54, 1.807) is 29.8 Å². The second-order valence-corrected chi connectivity index (χ2v) is 7.61. The molecule has 0 N–H and O–H groups in total. The molecule has 1 heterocycles. The first-order valence-corrected chi connectivity index (χ1v) is 9.48. The number of carbonyl (C=O) groups excluding carboxylic acids is 1. The van der Waals surface area contributed by atoms with Crippen molar-refractivity contribution in [2.75, 3.05) is 0 Å². The summed E-state index contributed by atoms with van der Waals surface area (Å²) in [4.78, 5) is 11.8. The van der Waals surface area contributed by atoms with Crippen LogP contribution in [0.3, 0.4) is 0 Å². The van der Waals surface area contributed by atoms with E-state index in [1.165, 1.54) is 0 Å². The maximum atomic E-state index is 11.8. The molecule has 0 atom stereocenters. The lowest BCUT2D eigenvalue weighted by Gasteiger charge is -2.11. The zero-order valence-electron chi connectivity index (χ0n) is 14.4. The van der Waals surface area contributed by atoms with Gasteiger partial charge in [0.15, 0.2) is 0 Å². The maximum absolute atomic E-state index is 11.8. The third kappa shape index (κ3) is 4.22. The number of nitrogens with zero attached hydrogens (tertiary/aromatic N) is 2. The molecule has 0 radical (unpaired) electrons. The van der Waals surface area contributed by atoms with E-state index in [1.807, 2.05) is 37.3 Å². The van der Waals surface area contributed by atoms with Crippen LogP contribution in [0.2, 0.25) is 15.1 Å². The minimum atomic E-state index is -0.628. The van der Waals surface area contributed by atoms with E-state index in [-0.39, 0.29) is 5.69 Å². The Hall–Kier alpha value is -1.78. The zero-order valence-corrected chi connectivity index (χ0v) is 17.5. The number of hydrogen-bond donors (Lipinski definition) is 0. The predicted molar refractivity (Wildman–Crippen MR) is 114 cm³/mol. The van der Waals surface area contributed by atoms with Crippen molar-refractivity contribution in [1.82, 2.24) is 9.78 Å². The van der Waals surface area contributed by atoms with E-state index in [4.69, 9.17) is 46.4 Å². The molecule has 2 aromatic carbocycles. The van der Waals surface area contributed by atoms with Crippen molar-refractivity contribution in [3.63, 3.8) is 0 Å². The van der Waals surface area contributed by atoms with Crippen molar-refractivity contribution in [2.45, 2.75) is 13.8 Å². The lowest BCUT2D eigenvalue weighted by Crippen LogP contribution is -2.03. The average molecular weight is 440 g/mol. The summed E-state index contributed by atoms with van der Waals surface area (Å²) in [6.07, 6.45) is 1.98. The molecule has 3 aromatic rings. The Balaban J connectivity index is 2.21. The molecule has 0 amide bonds. The number of aromatic nitrogens is 2. The van der Waals surface area contributed by atoms with Crippen LogP contribution >= 0.6 is 46.4 Å². The highest BCUT2D eigenvalue weighted by Crippen LogP contribution is 2.31. The number of allylic oxidation sites excluding steroid dienone is 1. The van der Waals surface area contributed by atoms with Gasteiger partial charge in [0.25, 0.3) is 5.24 Å². The van der Waals surface area contributed by atoms with Crippen molar-refractivity contribution in [2.24, 2.45) is 0 Å². The molecule has 0 spiro atoms. The molecule has 1 aromatic heterocycles. The number of halogens is 4. The van der Waals surface area contributed by atoms with E-state index >= 15 is 0 Å². The molecule has 3 nitrogen and oxygen atoms in total. The molecule has 7 heteroatoms. The van der Waals surface area contributed by atoms with Gasteiger partial charge in [0.05, 0.1) is 16.4 Å². The number of rotatable bonds is 4. The molecule has 0 saturated heterocycles. The molecule has 0 aliphatic heterocycles. The van der Waals surface area contributed by atoms with Crippen LogP contribution in [-0.4, -0.2) is 15.0 Å². The predicted octanol–water partition coefficient (Wildman–Crippen LogP) is 7.08. The minimum absolute atomic E-state index is 0.182. The molecule has 0 saturated carbocycles. The molecule has 0 bridgehead atoms. The largest absolute Gasteiger partial charge is 0.274 e. The molecule has 138 valence electrons. The highest BCUT2D eigenvalue weighted by Gasteiger charge is 2.22. The topological polar surface area (TPSA) is 34.9 Å². The second kappa shape index (κ2) is 8.07. The van der Waals surface area contributed by atoms with Gasteiger partial charge in [-0.25, -0.2) is 4.68 Å². The van der Waals surface area contributed by atoms with Gasteiger partial charge in [-0.15, -0.1) is 0 Å². The van der Waals surface area contributed by atoms with Crippen molar-refractivity contribution in [3.8, 4) is 5.69 Å². The van der Waals surface area contributed by atoms with Crippen molar-refractivity contribution >= 4 is 63.3 Å². The minimum Gasteiger partial charge on any atom is -0.274 e. The van der Waals surface area contributed by atoms with Gasteiger partial charge in [-0.3, -0.25) is 4.79 Å². The maximum Gasteiger partial charge on any atom is 0.273 e. The van der Waals surface area contributed by atoms with Crippen LogP contribution in [0.15, 0.2) is 42.5 Å². The number of hydrogen-bond acceptors (Lipinski definition) is 2. The van der Waals surface area contributed by atoms with E-state index in [0.29, 0.717) is 26.3 Å². The van der Waals surface area contributed by atoms with E-state index < -0.39 is 5.24 Å². The normalized spacial score (nSPS) is 11.7. The summed E-state index contributed by atoms with van der Waals surface area (Å²) in [6, 6.07) is 12.5. The summed E-state index contributed by atoms with van der Waals surface area (Å²) < 4.78 is 1.62. The standard InChI is InChI=1S/C20H14Cl4N2O/c1-11(9-13-3-5-14(21)6-4-13)19-12(2)18(20(24)27)25-26(19)17-8-7-15(22)10-16(17)23/h3-10H,1-2H3. The average Bonchev–Trinajstić information content (AvgIpc) is 2.94. The third-order valence-electron chi connectivity index (χ3n) is 4.07. The van der Waals surface area contributed by atoms with Gasteiger partial charge < -0.3 is 0 Å². The van der Waals surface area contributed by atoms with Crippen molar-refractivity contribution in [3.05, 3.63) is 80.0 Å². The Labute approximate surface area is 177 Å². The van der Waals surface area contributed by atoms with Gasteiger partial charge in [-0.2, -0.15) is 5.10 Å². The van der Waals surface area contributed by atoms with Crippen LogP contribution in [-0.2, 0) is 0 Å². The molecule has 0 aliphatic carbocycles. The Morgan fingerprint density at radius 3 is 2.26 bits per heavy atom. The lowest BCUT2D eigenvalue weighted by atomic mass is 10.0. The van der Waals surface area contributed by atoms with Crippen LogP contribution in [0.1, 0.15) is 34.2 Å². The van der Waals surface area contributed by atoms with Crippen LogP contribution in [0, 0.1) is 6.92 Å². The number of benzene rings is 2. The quantitative estimate of drug-likeness (QED) is 0.407. The Bertz CT molecular complexity index is 1050. The second-order valence-electron chi connectivity index (χ2n) is 5.98. The highest BCUT2D eigenvalue weighted by molar-refractivity contribution is 6.67. The summed E-state index contributed by atoms with van der Waals surface area (Å²) in [6.45, 7) is 3.74. The fourth-order valence-electron chi connectivity index (χ4n) is 2.85. The van der Waals surface area contributed by atoms with Crippen LogP contribution in [0.25, 0.3) is 17.3 Å². The van der Waals surface area contributed by atoms with E-state index in [2.05, 4.69) is 5.10 Å². The summed E-state index contributed by atoms with van der Waals surface area (Å²) >= 11 is 24.0. The van der Waals surface area contributed by atoms with E-state index in [0.717, 1.165) is 16.8 Å². The summed E-state index contributed by atoms with van der Waals surface area (Å²) in [5.74, 6) is 0. The summed E-state index contributed by atoms with van der Waals surface area (Å²) in [7, 11) is 0. The van der Waals surface area contributed by atoms with Crippen LogP contribution in [0.5, 0.6) is 0 Å². The Morgan fingerprint density at radius 2 is 1.67 bits per heavy atom.